The first-order valence-corrected chi connectivity index (χ1v) is 10.2. The van der Waals surface area contributed by atoms with Gasteiger partial charge in [-0.25, -0.2) is 9.97 Å². The molecule has 1 saturated carbocycles. The molecule has 2 aromatic heterocycles. The van der Waals surface area contributed by atoms with Crippen molar-refractivity contribution in [3.8, 4) is 11.3 Å². The molecule has 2 N–H and O–H groups in total. The summed E-state index contributed by atoms with van der Waals surface area (Å²) in [5.41, 5.74) is 2.29. The number of nitrogens with zero attached hydrogens (tertiary/aromatic N) is 4. The minimum Gasteiger partial charge on any atom is -0.384 e. The summed E-state index contributed by atoms with van der Waals surface area (Å²) in [4.78, 5) is 16.2. The molecule has 0 bridgehead atoms. The van der Waals surface area contributed by atoms with E-state index in [1.54, 1.807) is 33.4 Å². The summed E-state index contributed by atoms with van der Waals surface area (Å²) in [5, 5.41) is 13.5. The fraction of sp³-hybridized carbons (Fsp3) is 0.500. The first-order chi connectivity index (χ1) is 13.9. The van der Waals surface area contributed by atoms with Crippen molar-refractivity contribution in [2.24, 2.45) is 0 Å². The van der Waals surface area contributed by atoms with Crippen LogP contribution in [-0.4, -0.2) is 45.9 Å². The summed E-state index contributed by atoms with van der Waals surface area (Å²) < 4.78 is 5.53. The summed E-state index contributed by atoms with van der Waals surface area (Å²) in [5.74, 6) is 1.61. The van der Waals surface area contributed by atoms with Gasteiger partial charge in [0.05, 0.1) is 30.2 Å². The molecule has 7 heteroatoms. The van der Waals surface area contributed by atoms with Gasteiger partial charge in [-0.1, -0.05) is 6.58 Å². The van der Waals surface area contributed by atoms with E-state index in [-0.39, 0.29) is 0 Å². The van der Waals surface area contributed by atoms with Crippen LogP contribution in [0.15, 0.2) is 36.8 Å². The molecule has 1 fully saturated rings. The lowest BCUT2D eigenvalue weighted by atomic mass is 9.92. The van der Waals surface area contributed by atoms with E-state index in [0.717, 1.165) is 54.3 Å². The van der Waals surface area contributed by atoms with E-state index in [4.69, 9.17) is 9.72 Å². The minimum absolute atomic E-state index is 0.347. The van der Waals surface area contributed by atoms with Crippen molar-refractivity contribution < 1.29 is 9.84 Å². The Labute approximate surface area is 171 Å². The lowest BCUT2D eigenvalue weighted by molar-refractivity contribution is 0.0660. The van der Waals surface area contributed by atoms with Crippen LogP contribution in [0.5, 0.6) is 0 Å². The SMILES string of the molecule is C=[13C]1[13CH2]Nc2ncc(-c3ccc([13C]([13CH3])([13CH3])O)nc3)nc2N1C1CCC(OC)CC1. The molecule has 7 nitrogen and oxygen atoms in total. The lowest BCUT2D eigenvalue weighted by Gasteiger charge is -2.41. The number of rotatable bonds is 4. The minimum atomic E-state index is -0.973. The second-order valence-corrected chi connectivity index (χ2v) is 8.37. The molecule has 0 radical (unpaired) electrons. The second-order valence-electron chi connectivity index (χ2n) is 8.37. The van der Waals surface area contributed by atoms with Gasteiger partial charge in [-0.2, -0.15) is 0 Å². The van der Waals surface area contributed by atoms with Gasteiger partial charge >= 0.3 is 0 Å². The van der Waals surface area contributed by atoms with E-state index in [2.05, 4.69) is 26.8 Å². The number of fused-ring (bicyclic) bond motifs is 1. The van der Waals surface area contributed by atoms with E-state index in [1.807, 2.05) is 12.1 Å². The van der Waals surface area contributed by atoms with E-state index in [1.165, 1.54) is 0 Å². The summed E-state index contributed by atoms with van der Waals surface area (Å²) in [6.07, 6.45) is 8.03. The second kappa shape index (κ2) is 7.72. The van der Waals surface area contributed by atoms with E-state index < -0.39 is 5.60 Å². The predicted molar refractivity (Wildman–Crippen MR) is 114 cm³/mol. The lowest BCUT2D eigenvalue weighted by Crippen LogP contribution is -2.43. The van der Waals surface area contributed by atoms with Gasteiger partial charge in [0, 0.05) is 30.6 Å². The zero-order valence-electron chi connectivity index (χ0n) is 17.4. The summed E-state index contributed by atoms with van der Waals surface area (Å²) in [7, 11) is 1.79. The number of ether oxygens (including phenoxy) is 1. The maximum atomic E-state index is 10.1. The molecule has 29 heavy (non-hydrogen) atoms. The molecular formula is C22H29N5O2. The maximum Gasteiger partial charge on any atom is 0.176 e. The number of nitrogens with one attached hydrogen (secondary N) is 1. The normalized spacial score (nSPS) is 22.2. The van der Waals surface area contributed by atoms with Crippen LogP contribution in [-0.2, 0) is 10.3 Å². The molecular weight excluding hydrogens is 371 g/mol. The molecule has 2 aromatic rings. The van der Waals surface area contributed by atoms with Crippen LogP contribution in [0.2, 0.25) is 0 Å². The Morgan fingerprint density at radius 3 is 2.55 bits per heavy atom. The largest absolute Gasteiger partial charge is 0.384 e. The molecule has 1 aliphatic carbocycles. The number of hydrogen-bond donors (Lipinski definition) is 2. The molecule has 1 aliphatic heterocycles. The van der Waals surface area contributed by atoms with Crippen molar-refractivity contribution >= 4 is 11.6 Å². The predicted octanol–water partition coefficient (Wildman–Crippen LogP) is 3.47. The number of hydrogen-bond acceptors (Lipinski definition) is 7. The third-order valence-electron chi connectivity index (χ3n) is 5.81. The van der Waals surface area contributed by atoms with Crippen molar-refractivity contribution in [1.82, 2.24) is 15.0 Å². The monoisotopic (exact) mass is 400 g/mol. The van der Waals surface area contributed by atoms with Gasteiger partial charge in [0.15, 0.2) is 11.6 Å². The Morgan fingerprint density at radius 1 is 1.17 bits per heavy atom. The molecule has 0 spiro atoms. The fourth-order valence-corrected chi connectivity index (χ4v) is 4.11. The Morgan fingerprint density at radius 2 is 1.93 bits per heavy atom. The topological polar surface area (TPSA) is 83.4 Å². The average molecular weight is 400 g/mol. The standard InChI is InChI=1S/C22H29N5O2/c1-14-11-24-20-21(27(14)16-6-8-17(29-4)9-7-16)26-18(13-25-20)15-5-10-19(23-12-15)22(2,3)28/h5,10,12-13,16-17,28H,1,6-9,11H2,2-4H3,(H,24,25)/i2+1,3+1,11+1,14+1,22+1. The van der Waals surface area contributed by atoms with Crippen LogP contribution in [0.4, 0.5) is 11.6 Å². The van der Waals surface area contributed by atoms with Gasteiger partial charge in [0.2, 0.25) is 0 Å². The van der Waals surface area contributed by atoms with E-state index in [0.29, 0.717) is 24.4 Å². The van der Waals surface area contributed by atoms with Crippen LogP contribution < -0.4 is 10.2 Å². The Bertz CT molecular complexity index is 883. The molecule has 0 atom stereocenters. The van der Waals surface area contributed by atoms with Crippen LogP contribution in [0.3, 0.4) is 0 Å². The van der Waals surface area contributed by atoms with E-state index in [9.17, 15) is 5.11 Å². The molecule has 4 rings (SSSR count). The fourth-order valence-electron chi connectivity index (χ4n) is 4.11. The van der Waals surface area contributed by atoms with Gasteiger partial charge in [0.1, 0.15) is 5.60 Å². The number of pyridine rings is 1. The van der Waals surface area contributed by atoms with E-state index >= 15 is 0 Å². The number of aliphatic hydroxyl groups is 1. The molecule has 0 aromatic carbocycles. The molecule has 3 heterocycles. The summed E-state index contributed by atoms with van der Waals surface area (Å²) in [6.45, 7) is 8.39. The first-order valence-electron chi connectivity index (χ1n) is 10.2. The Hall–Kier alpha value is -2.51. The number of methoxy groups -OCH3 is 1. The van der Waals surface area contributed by atoms with Crippen LogP contribution in [0.1, 0.15) is 45.2 Å². The van der Waals surface area contributed by atoms with Crippen molar-refractivity contribution in [2.45, 2.75) is 57.3 Å². The van der Waals surface area contributed by atoms with Gasteiger partial charge in [-0.05, 0) is 51.7 Å². The molecule has 154 valence electrons. The maximum absolute atomic E-state index is 10.1. The zero-order chi connectivity index (χ0) is 20.6. The van der Waals surface area contributed by atoms with Crippen molar-refractivity contribution in [1.29, 1.82) is 0 Å². The number of anilines is 2. The summed E-state index contributed by atoms with van der Waals surface area (Å²) >= 11 is 0. The van der Waals surface area contributed by atoms with Gasteiger partial charge in [-0.15, -0.1) is 0 Å². The third kappa shape index (κ3) is 3.97. The molecule has 0 amide bonds. The van der Waals surface area contributed by atoms with Crippen molar-refractivity contribution in [2.75, 3.05) is 23.9 Å². The first kappa shape index (κ1) is 19.8. The van der Waals surface area contributed by atoms with Crippen LogP contribution in [0, 0.1) is 0 Å². The molecule has 0 unspecified atom stereocenters. The quantitative estimate of drug-likeness (QED) is 0.761. The van der Waals surface area contributed by atoms with Gasteiger partial charge in [0.25, 0.3) is 0 Å². The molecule has 2 aliphatic rings. The van der Waals surface area contributed by atoms with Gasteiger partial charge < -0.3 is 20.1 Å². The highest BCUT2D eigenvalue weighted by Gasteiger charge is 2.32. The third-order valence-corrected chi connectivity index (χ3v) is 5.81. The zero-order valence-corrected chi connectivity index (χ0v) is 17.4. The molecule has 0 saturated heterocycles. The highest BCUT2D eigenvalue weighted by atomic mass is 16.5. The smallest absolute Gasteiger partial charge is 0.176 e. The number of aromatic nitrogens is 3. The van der Waals surface area contributed by atoms with Crippen molar-refractivity contribution in [3.63, 3.8) is 0 Å². The van der Waals surface area contributed by atoms with Gasteiger partial charge in [-0.3, -0.25) is 4.98 Å². The Kier molecular flexibility index (Phi) is 5.27. The van der Waals surface area contributed by atoms with Crippen LogP contribution in [0.25, 0.3) is 11.3 Å². The highest BCUT2D eigenvalue weighted by molar-refractivity contribution is 5.72. The average Bonchev–Trinajstić information content (AvgIpc) is 2.73. The van der Waals surface area contributed by atoms with Crippen molar-refractivity contribution in [3.05, 3.63) is 42.5 Å². The van der Waals surface area contributed by atoms with Crippen LogP contribution >= 0.6 is 0 Å². The highest BCUT2D eigenvalue weighted by Crippen LogP contribution is 2.37. The summed E-state index contributed by atoms with van der Waals surface area (Å²) in [6, 6.07) is 4.11. The Balaban J connectivity index is 1.64.